The quantitative estimate of drug-likeness (QED) is 0.249. The molecule has 9 heteroatoms. The van der Waals surface area contributed by atoms with Gasteiger partial charge in [0, 0.05) is 24.4 Å². The van der Waals surface area contributed by atoms with Gasteiger partial charge < -0.3 is 19.9 Å². The van der Waals surface area contributed by atoms with E-state index in [0.717, 1.165) is 36.8 Å². The van der Waals surface area contributed by atoms with E-state index in [1.54, 1.807) is 25.3 Å². The Balaban J connectivity index is 2.27. The smallest absolute Gasteiger partial charge is 0.335 e. The van der Waals surface area contributed by atoms with Gasteiger partial charge in [-0.1, -0.05) is 59.1 Å². The highest BCUT2D eigenvalue weighted by Gasteiger charge is 2.24. The Hall–Kier alpha value is -3.07. The predicted octanol–water partition coefficient (Wildman–Crippen LogP) is 6.20. The van der Waals surface area contributed by atoms with Crippen LogP contribution >= 0.6 is 0 Å². The summed E-state index contributed by atoms with van der Waals surface area (Å²) in [6.07, 6.45) is 5.62. The number of carbonyl (C=O) groups is 2. The molecular formula is C30H43NO7S. The standard InChI is InChI=1S/C30H43NO7S/c1-7-8-9-11-21(24-14-13-23(20-27(24)37-5)38-16-10-17-39(6,35)36)19-28(32)31-26-18-22(29(33)34)12-15-25(26)30(2,3)4/h12-15,18,20-21H,7-11,16-17,19H2,1-6H3,(H,31,32)(H,33,34). The van der Waals surface area contributed by atoms with Gasteiger partial charge in [-0.25, -0.2) is 13.2 Å². The van der Waals surface area contributed by atoms with Crippen molar-refractivity contribution < 1.29 is 32.6 Å². The number of hydrogen-bond acceptors (Lipinski definition) is 6. The molecule has 0 radical (unpaired) electrons. The molecule has 0 fully saturated rings. The first-order valence-corrected chi connectivity index (χ1v) is 15.5. The lowest BCUT2D eigenvalue weighted by molar-refractivity contribution is -0.116. The molecule has 1 unspecified atom stereocenters. The van der Waals surface area contributed by atoms with E-state index in [1.807, 2.05) is 32.9 Å². The molecule has 0 heterocycles. The van der Waals surface area contributed by atoms with Crippen LogP contribution in [0.5, 0.6) is 11.5 Å². The normalized spacial score (nSPS) is 12.6. The van der Waals surface area contributed by atoms with E-state index in [9.17, 15) is 23.1 Å². The minimum absolute atomic E-state index is 0.0587. The van der Waals surface area contributed by atoms with Gasteiger partial charge in [-0.05, 0) is 53.5 Å². The number of rotatable bonds is 15. The number of benzene rings is 2. The fraction of sp³-hybridized carbons (Fsp3) is 0.533. The van der Waals surface area contributed by atoms with E-state index in [1.165, 1.54) is 12.3 Å². The second-order valence-electron chi connectivity index (χ2n) is 11.0. The number of carboxylic acid groups (broad SMARTS) is 1. The zero-order valence-electron chi connectivity index (χ0n) is 24.0. The molecule has 2 aromatic carbocycles. The van der Waals surface area contributed by atoms with Crippen LogP contribution in [0.4, 0.5) is 5.69 Å². The van der Waals surface area contributed by atoms with Gasteiger partial charge >= 0.3 is 5.97 Å². The van der Waals surface area contributed by atoms with Crippen LogP contribution < -0.4 is 14.8 Å². The fourth-order valence-corrected chi connectivity index (χ4v) is 5.14. The molecule has 0 bridgehead atoms. The zero-order valence-corrected chi connectivity index (χ0v) is 24.8. The topological polar surface area (TPSA) is 119 Å². The summed E-state index contributed by atoms with van der Waals surface area (Å²) in [6, 6.07) is 10.3. The van der Waals surface area contributed by atoms with Gasteiger partial charge in [0.05, 0.1) is 25.0 Å². The number of methoxy groups -OCH3 is 1. The first-order chi connectivity index (χ1) is 18.2. The van der Waals surface area contributed by atoms with Crippen LogP contribution in [0.2, 0.25) is 0 Å². The number of unbranched alkanes of at least 4 members (excludes halogenated alkanes) is 2. The van der Waals surface area contributed by atoms with Crippen molar-refractivity contribution in [3.05, 3.63) is 53.1 Å². The number of sulfone groups is 1. The molecule has 1 atom stereocenters. The Morgan fingerprint density at radius 1 is 1.05 bits per heavy atom. The summed E-state index contributed by atoms with van der Waals surface area (Å²) >= 11 is 0. The average Bonchev–Trinajstić information content (AvgIpc) is 2.84. The molecule has 0 spiro atoms. The lowest BCUT2D eigenvalue weighted by atomic mass is 9.85. The number of hydrogen-bond donors (Lipinski definition) is 2. The maximum absolute atomic E-state index is 13.3. The Kier molecular flexibility index (Phi) is 11.8. The van der Waals surface area contributed by atoms with Gasteiger partial charge in [0.15, 0.2) is 0 Å². The van der Waals surface area contributed by atoms with E-state index in [0.29, 0.717) is 23.6 Å². The molecule has 0 saturated carbocycles. The second kappa shape index (κ2) is 14.4. The molecule has 0 aromatic heterocycles. The molecule has 39 heavy (non-hydrogen) atoms. The molecule has 0 aliphatic heterocycles. The summed E-state index contributed by atoms with van der Waals surface area (Å²) in [5, 5.41) is 12.5. The van der Waals surface area contributed by atoms with Crippen LogP contribution in [0.1, 0.15) is 93.6 Å². The number of aromatic carboxylic acids is 1. The first-order valence-electron chi connectivity index (χ1n) is 13.4. The number of anilines is 1. The lowest BCUT2D eigenvalue weighted by Crippen LogP contribution is -2.21. The van der Waals surface area contributed by atoms with Crippen molar-refractivity contribution in [1.29, 1.82) is 0 Å². The molecule has 8 nitrogen and oxygen atoms in total. The predicted molar refractivity (Wildman–Crippen MR) is 155 cm³/mol. The number of nitrogens with one attached hydrogen (secondary N) is 1. The molecule has 216 valence electrons. The Morgan fingerprint density at radius 2 is 1.77 bits per heavy atom. The number of carbonyl (C=O) groups excluding carboxylic acids is 1. The van der Waals surface area contributed by atoms with Crippen molar-refractivity contribution >= 4 is 27.4 Å². The minimum Gasteiger partial charge on any atom is -0.496 e. The number of carboxylic acids is 1. The highest BCUT2D eigenvalue weighted by Crippen LogP contribution is 2.37. The Morgan fingerprint density at radius 3 is 2.36 bits per heavy atom. The van der Waals surface area contributed by atoms with Crippen molar-refractivity contribution in [1.82, 2.24) is 0 Å². The van der Waals surface area contributed by atoms with Crippen molar-refractivity contribution in [3.8, 4) is 11.5 Å². The van der Waals surface area contributed by atoms with E-state index >= 15 is 0 Å². The molecule has 0 aliphatic carbocycles. The number of amides is 1. The van der Waals surface area contributed by atoms with Crippen molar-refractivity contribution in [2.75, 3.05) is 31.0 Å². The first kappa shape index (κ1) is 32.1. The molecule has 2 N–H and O–H groups in total. The van der Waals surface area contributed by atoms with Crippen molar-refractivity contribution in [3.63, 3.8) is 0 Å². The monoisotopic (exact) mass is 561 g/mol. The SMILES string of the molecule is CCCCCC(CC(=O)Nc1cc(C(=O)O)ccc1C(C)(C)C)c1ccc(OCCCS(C)(=O)=O)cc1OC. The molecular weight excluding hydrogens is 518 g/mol. The molecule has 1 amide bonds. The lowest BCUT2D eigenvalue weighted by Gasteiger charge is -2.25. The third-order valence-electron chi connectivity index (χ3n) is 6.51. The maximum atomic E-state index is 13.3. The van der Waals surface area contributed by atoms with Gasteiger partial charge in [0.25, 0.3) is 0 Å². The van der Waals surface area contributed by atoms with E-state index in [2.05, 4.69) is 12.2 Å². The summed E-state index contributed by atoms with van der Waals surface area (Å²) in [4.78, 5) is 24.9. The van der Waals surface area contributed by atoms with Crippen LogP contribution in [-0.4, -0.2) is 51.1 Å². The van der Waals surface area contributed by atoms with Crippen LogP contribution in [0, 0.1) is 0 Å². The van der Waals surface area contributed by atoms with Crippen molar-refractivity contribution in [2.24, 2.45) is 0 Å². The summed E-state index contributed by atoms with van der Waals surface area (Å²) in [7, 11) is -1.47. The fourth-order valence-electron chi connectivity index (χ4n) is 4.50. The van der Waals surface area contributed by atoms with E-state index in [-0.39, 0.29) is 41.6 Å². The highest BCUT2D eigenvalue weighted by molar-refractivity contribution is 7.90. The van der Waals surface area contributed by atoms with Gasteiger partial charge in [0.1, 0.15) is 21.3 Å². The van der Waals surface area contributed by atoms with E-state index < -0.39 is 15.8 Å². The molecule has 0 aliphatic rings. The second-order valence-corrected chi connectivity index (χ2v) is 13.3. The minimum atomic E-state index is -3.04. The van der Waals surface area contributed by atoms with Gasteiger partial charge in [-0.3, -0.25) is 4.79 Å². The van der Waals surface area contributed by atoms with Crippen LogP contribution in [0.25, 0.3) is 0 Å². The van der Waals surface area contributed by atoms with E-state index in [4.69, 9.17) is 9.47 Å². The van der Waals surface area contributed by atoms with Gasteiger partial charge in [-0.15, -0.1) is 0 Å². The number of ether oxygens (including phenoxy) is 2. The van der Waals surface area contributed by atoms with Crippen LogP contribution in [-0.2, 0) is 20.0 Å². The zero-order chi connectivity index (χ0) is 29.2. The highest BCUT2D eigenvalue weighted by atomic mass is 32.2. The van der Waals surface area contributed by atoms with Crippen LogP contribution in [0.15, 0.2) is 36.4 Å². The third-order valence-corrected chi connectivity index (χ3v) is 7.54. The maximum Gasteiger partial charge on any atom is 0.335 e. The van der Waals surface area contributed by atoms with Gasteiger partial charge in [0.2, 0.25) is 5.91 Å². The molecule has 2 rings (SSSR count). The third kappa shape index (κ3) is 10.5. The van der Waals surface area contributed by atoms with Gasteiger partial charge in [-0.2, -0.15) is 0 Å². The van der Waals surface area contributed by atoms with Crippen molar-refractivity contribution in [2.45, 2.75) is 77.6 Å². The summed E-state index contributed by atoms with van der Waals surface area (Å²) in [5.41, 5.74) is 2.08. The largest absolute Gasteiger partial charge is 0.496 e. The Labute approximate surface area is 233 Å². The average molecular weight is 562 g/mol. The summed E-state index contributed by atoms with van der Waals surface area (Å²) in [6.45, 7) is 8.44. The van der Waals surface area contributed by atoms with Crippen LogP contribution in [0.3, 0.4) is 0 Å². The summed E-state index contributed by atoms with van der Waals surface area (Å²) in [5.74, 6) is -0.135. The molecule has 0 saturated heterocycles. The molecule has 2 aromatic rings. The summed E-state index contributed by atoms with van der Waals surface area (Å²) < 4.78 is 34.1. The Bertz CT molecular complexity index is 1230.